The Hall–Kier alpha value is -1.64. The lowest BCUT2D eigenvalue weighted by atomic mass is 9.92. The van der Waals surface area contributed by atoms with Crippen LogP contribution in [0.2, 0.25) is 0 Å². The van der Waals surface area contributed by atoms with Crippen molar-refractivity contribution in [3.05, 3.63) is 71.3 Å². The molecule has 25 heavy (non-hydrogen) atoms. The molecule has 1 aliphatic carbocycles. The standard InChI is InChI=1S/C23H31NO/c24-23(18-25)16-15-22(17-23)21-13-11-20(12-14-21)10-6-2-5-9-19-7-3-1-4-8-19/h1,3-4,7-8,11-14,22,25H,2,5-6,9-10,15-18,24H2/t22-,23+/m1/s1. The van der Waals surface area contributed by atoms with Crippen molar-refractivity contribution in [2.75, 3.05) is 6.61 Å². The third-order valence-corrected chi connectivity index (χ3v) is 5.68. The highest BCUT2D eigenvalue weighted by atomic mass is 16.3. The molecule has 134 valence electrons. The van der Waals surface area contributed by atoms with Crippen LogP contribution in [-0.4, -0.2) is 17.3 Å². The molecule has 1 aliphatic rings. The Bertz CT molecular complexity index is 637. The Morgan fingerprint density at radius 3 is 2.12 bits per heavy atom. The quantitative estimate of drug-likeness (QED) is 0.692. The predicted molar refractivity (Wildman–Crippen MR) is 105 cm³/mol. The molecule has 2 aromatic carbocycles. The predicted octanol–water partition coefficient (Wildman–Crippen LogP) is 4.60. The van der Waals surface area contributed by atoms with Crippen LogP contribution in [0.15, 0.2) is 54.6 Å². The summed E-state index contributed by atoms with van der Waals surface area (Å²) in [7, 11) is 0. The first-order chi connectivity index (χ1) is 12.2. The van der Waals surface area contributed by atoms with Gasteiger partial charge in [-0.3, -0.25) is 0 Å². The number of aliphatic hydroxyl groups is 1. The van der Waals surface area contributed by atoms with Crippen LogP contribution in [0.5, 0.6) is 0 Å². The molecule has 2 nitrogen and oxygen atoms in total. The molecule has 0 saturated heterocycles. The van der Waals surface area contributed by atoms with Crippen molar-refractivity contribution in [3.63, 3.8) is 0 Å². The molecule has 2 aromatic rings. The van der Waals surface area contributed by atoms with Gasteiger partial charge in [0.1, 0.15) is 0 Å². The fraction of sp³-hybridized carbons (Fsp3) is 0.478. The van der Waals surface area contributed by atoms with Gasteiger partial charge in [0, 0.05) is 5.54 Å². The van der Waals surface area contributed by atoms with Crippen LogP contribution in [0.25, 0.3) is 0 Å². The molecule has 1 fully saturated rings. The second-order valence-corrected chi connectivity index (χ2v) is 7.75. The topological polar surface area (TPSA) is 46.2 Å². The maximum Gasteiger partial charge on any atom is 0.0611 e. The molecule has 3 N–H and O–H groups in total. The summed E-state index contributed by atoms with van der Waals surface area (Å²) in [6.45, 7) is 0.102. The molecule has 1 saturated carbocycles. The average molecular weight is 338 g/mol. The van der Waals surface area contributed by atoms with Gasteiger partial charge < -0.3 is 10.8 Å². The van der Waals surface area contributed by atoms with Gasteiger partial charge in [-0.15, -0.1) is 0 Å². The molecule has 0 spiro atoms. The van der Waals surface area contributed by atoms with E-state index in [2.05, 4.69) is 54.6 Å². The van der Waals surface area contributed by atoms with Gasteiger partial charge in [-0.05, 0) is 67.6 Å². The van der Waals surface area contributed by atoms with E-state index in [-0.39, 0.29) is 12.1 Å². The molecule has 3 rings (SSSR count). The maximum absolute atomic E-state index is 9.42. The van der Waals surface area contributed by atoms with E-state index in [4.69, 9.17) is 5.73 Å². The number of benzene rings is 2. The molecule has 0 bridgehead atoms. The monoisotopic (exact) mass is 337 g/mol. The van der Waals surface area contributed by atoms with E-state index < -0.39 is 0 Å². The number of aryl methyl sites for hydroxylation is 2. The first kappa shape index (κ1) is 18.2. The van der Waals surface area contributed by atoms with E-state index in [0.717, 1.165) is 25.7 Å². The van der Waals surface area contributed by atoms with Gasteiger partial charge in [0.25, 0.3) is 0 Å². The number of rotatable bonds is 8. The molecule has 0 aromatic heterocycles. The number of unbranched alkanes of at least 4 members (excludes halogenated alkanes) is 2. The maximum atomic E-state index is 9.42. The lowest BCUT2D eigenvalue weighted by molar-refractivity contribution is 0.198. The summed E-state index contributed by atoms with van der Waals surface area (Å²) in [5.74, 6) is 0.511. The van der Waals surface area contributed by atoms with E-state index in [1.807, 2.05) is 0 Å². The van der Waals surface area contributed by atoms with Gasteiger partial charge in [-0.1, -0.05) is 61.0 Å². The molecule has 2 heteroatoms. The summed E-state index contributed by atoms with van der Waals surface area (Å²) >= 11 is 0. The van der Waals surface area contributed by atoms with Crippen LogP contribution in [0, 0.1) is 0 Å². The summed E-state index contributed by atoms with van der Waals surface area (Å²) in [6.07, 6.45) is 9.08. The first-order valence-electron chi connectivity index (χ1n) is 9.71. The highest BCUT2D eigenvalue weighted by Gasteiger charge is 2.35. The number of aliphatic hydroxyl groups excluding tert-OH is 1. The highest BCUT2D eigenvalue weighted by molar-refractivity contribution is 5.27. The summed E-state index contributed by atoms with van der Waals surface area (Å²) in [4.78, 5) is 0. The summed E-state index contributed by atoms with van der Waals surface area (Å²) in [5, 5.41) is 9.42. The van der Waals surface area contributed by atoms with E-state index in [0.29, 0.717) is 5.92 Å². The minimum Gasteiger partial charge on any atom is -0.394 e. The van der Waals surface area contributed by atoms with E-state index in [1.165, 1.54) is 42.4 Å². The van der Waals surface area contributed by atoms with Crippen molar-refractivity contribution in [2.24, 2.45) is 5.73 Å². The number of nitrogens with two attached hydrogens (primary N) is 1. The Balaban J connectivity index is 1.39. The lowest BCUT2D eigenvalue weighted by Crippen LogP contribution is -2.40. The molecule has 0 radical (unpaired) electrons. The molecule has 0 amide bonds. The largest absolute Gasteiger partial charge is 0.394 e. The smallest absolute Gasteiger partial charge is 0.0611 e. The lowest BCUT2D eigenvalue weighted by Gasteiger charge is -2.21. The second-order valence-electron chi connectivity index (χ2n) is 7.75. The molecular formula is C23H31NO. The van der Waals surface area contributed by atoms with Crippen LogP contribution >= 0.6 is 0 Å². The fourth-order valence-electron chi connectivity index (χ4n) is 4.02. The highest BCUT2D eigenvalue weighted by Crippen LogP contribution is 2.39. The van der Waals surface area contributed by atoms with Crippen LogP contribution in [-0.2, 0) is 12.8 Å². The van der Waals surface area contributed by atoms with Crippen LogP contribution in [0.1, 0.15) is 61.1 Å². The Morgan fingerprint density at radius 1 is 0.880 bits per heavy atom. The Kier molecular flexibility index (Phi) is 6.28. The van der Waals surface area contributed by atoms with Crippen molar-refractivity contribution in [1.82, 2.24) is 0 Å². The third-order valence-electron chi connectivity index (χ3n) is 5.68. The number of hydrogen-bond acceptors (Lipinski definition) is 2. The van der Waals surface area contributed by atoms with Crippen LogP contribution in [0.3, 0.4) is 0 Å². The van der Waals surface area contributed by atoms with Crippen molar-refractivity contribution in [3.8, 4) is 0 Å². The van der Waals surface area contributed by atoms with Crippen molar-refractivity contribution < 1.29 is 5.11 Å². The zero-order valence-corrected chi connectivity index (χ0v) is 15.2. The minimum atomic E-state index is -0.359. The van der Waals surface area contributed by atoms with Gasteiger partial charge in [0.15, 0.2) is 0 Å². The molecule has 0 aliphatic heterocycles. The van der Waals surface area contributed by atoms with Gasteiger partial charge in [-0.25, -0.2) is 0 Å². The fourth-order valence-corrected chi connectivity index (χ4v) is 4.02. The SMILES string of the molecule is N[C@@]1(CO)CC[C@@H](c2ccc(CCCCCc3ccccc3)cc2)C1. The van der Waals surface area contributed by atoms with E-state index >= 15 is 0 Å². The Morgan fingerprint density at radius 2 is 1.52 bits per heavy atom. The van der Waals surface area contributed by atoms with Gasteiger partial charge in [0.05, 0.1) is 6.61 Å². The summed E-state index contributed by atoms with van der Waals surface area (Å²) in [5.41, 5.74) is 10.1. The zero-order chi connectivity index (χ0) is 17.5. The molecular weight excluding hydrogens is 306 g/mol. The minimum absolute atomic E-state index is 0.102. The second kappa shape index (κ2) is 8.64. The Labute approximate surface area is 152 Å². The van der Waals surface area contributed by atoms with E-state index in [1.54, 1.807) is 0 Å². The van der Waals surface area contributed by atoms with Crippen molar-refractivity contribution in [1.29, 1.82) is 0 Å². The van der Waals surface area contributed by atoms with Crippen molar-refractivity contribution in [2.45, 2.75) is 62.8 Å². The first-order valence-corrected chi connectivity index (χ1v) is 9.71. The van der Waals surface area contributed by atoms with Crippen molar-refractivity contribution >= 4 is 0 Å². The van der Waals surface area contributed by atoms with Crippen LogP contribution in [0.4, 0.5) is 0 Å². The van der Waals surface area contributed by atoms with E-state index in [9.17, 15) is 5.11 Å². The van der Waals surface area contributed by atoms with Gasteiger partial charge in [0.2, 0.25) is 0 Å². The molecule has 0 heterocycles. The zero-order valence-electron chi connectivity index (χ0n) is 15.2. The third kappa shape index (κ3) is 5.17. The van der Waals surface area contributed by atoms with Gasteiger partial charge in [-0.2, -0.15) is 0 Å². The summed E-state index contributed by atoms with van der Waals surface area (Å²) < 4.78 is 0. The molecule has 0 unspecified atom stereocenters. The van der Waals surface area contributed by atoms with Gasteiger partial charge >= 0.3 is 0 Å². The average Bonchev–Trinajstić information content (AvgIpc) is 3.06. The number of hydrogen-bond donors (Lipinski definition) is 2. The van der Waals surface area contributed by atoms with Crippen LogP contribution < -0.4 is 5.73 Å². The summed E-state index contributed by atoms with van der Waals surface area (Å²) in [6, 6.07) is 19.9. The normalized spacial score (nSPS) is 23.0. The molecule has 2 atom stereocenters.